The van der Waals surface area contributed by atoms with E-state index in [1.54, 1.807) is 7.05 Å². The number of aliphatic imine (C=N–C) groups is 1. The third-order valence-corrected chi connectivity index (χ3v) is 4.55. The Kier molecular flexibility index (Phi) is 11.0. The highest BCUT2D eigenvalue weighted by molar-refractivity contribution is 14.0. The van der Waals surface area contributed by atoms with Crippen molar-refractivity contribution in [2.45, 2.75) is 46.6 Å². The molecule has 1 aliphatic rings. The van der Waals surface area contributed by atoms with Crippen LogP contribution in [0.5, 0.6) is 11.5 Å². The molecule has 1 aliphatic heterocycles. The Bertz CT molecular complexity index is 621. The molecule has 1 saturated heterocycles. The number of nitrogens with zero attached hydrogens (tertiary/aromatic N) is 1. The lowest BCUT2D eigenvalue weighted by atomic mass is 9.89. The number of ether oxygens (including phenoxy) is 3. The molecule has 0 aliphatic carbocycles. The van der Waals surface area contributed by atoms with Crippen molar-refractivity contribution < 1.29 is 14.2 Å². The van der Waals surface area contributed by atoms with Crippen LogP contribution in [0, 0.1) is 5.41 Å². The minimum atomic E-state index is 0. The molecule has 28 heavy (non-hydrogen) atoms. The third-order valence-electron chi connectivity index (χ3n) is 4.55. The number of benzene rings is 1. The molecule has 1 heterocycles. The molecule has 0 saturated carbocycles. The number of hydrogen-bond acceptors (Lipinski definition) is 4. The Labute approximate surface area is 186 Å². The van der Waals surface area contributed by atoms with E-state index in [2.05, 4.69) is 55.5 Å². The van der Waals surface area contributed by atoms with Gasteiger partial charge in [0.2, 0.25) is 0 Å². The predicted molar refractivity (Wildman–Crippen MR) is 125 cm³/mol. The lowest BCUT2D eigenvalue weighted by molar-refractivity contribution is -0.0971. The van der Waals surface area contributed by atoms with E-state index in [0.29, 0.717) is 13.2 Å². The maximum Gasteiger partial charge on any atom is 0.191 e. The number of halogens is 1. The van der Waals surface area contributed by atoms with E-state index in [9.17, 15) is 0 Å². The van der Waals surface area contributed by atoms with Gasteiger partial charge in [0.05, 0.1) is 32.5 Å². The van der Waals surface area contributed by atoms with Crippen LogP contribution in [0.1, 0.15) is 52.1 Å². The van der Waals surface area contributed by atoms with Gasteiger partial charge in [-0.1, -0.05) is 26.8 Å². The van der Waals surface area contributed by atoms with Gasteiger partial charge in [-0.05, 0) is 37.5 Å². The highest BCUT2D eigenvalue weighted by Crippen LogP contribution is 2.31. The highest BCUT2D eigenvalue weighted by Gasteiger charge is 2.33. The summed E-state index contributed by atoms with van der Waals surface area (Å²) in [7, 11) is 1.79. The van der Waals surface area contributed by atoms with Crippen molar-refractivity contribution in [2.75, 3.05) is 40.0 Å². The fourth-order valence-electron chi connectivity index (χ4n) is 2.78. The minimum absolute atomic E-state index is 0. The molecule has 0 aromatic heterocycles. The van der Waals surface area contributed by atoms with Crippen molar-refractivity contribution in [1.29, 1.82) is 0 Å². The Morgan fingerprint density at radius 2 is 1.82 bits per heavy atom. The molecule has 1 aromatic carbocycles. The number of rotatable bonds is 10. The molecular formula is C21H36IN3O3. The normalized spacial score (nSPS) is 16.4. The molecule has 0 radical (unpaired) electrons. The summed E-state index contributed by atoms with van der Waals surface area (Å²) in [6.07, 6.45) is 1.93. The van der Waals surface area contributed by atoms with Crippen LogP contribution in [0.15, 0.2) is 23.2 Å². The Morgan fingerprint density at radius 1 is 1.18 bits per heavy atom. The fourth-order valence-corrected chi connectivity index (χ4v) is 2.78. The number of hydrogen-bond donors (Lipinski definition) is 2. The number of guanidine groups is 1. The molecule has 0 amide bonds. The van der Waals surface area contributed by atoms with Crippen molar-refractivity contribution in [2.24, 2.45) is 10.4 Å². The van der Waals surface area contributed by atoms with Crippen LogP contribution >= 0.6 is 24.0 Å². The second-order valence-electron chi connectivity index (χ2n) is 7.50. The molecule has 1 fully saturated rings. The molecule has 0 bridgehead atoms. The zero-order valence-corrected chi connectivity index (χ0v) is 20.2. The van der Waals surface area contributed by atoms with E-state index in [1.165, 1.54) is 0 Å². The van der Waals surface area contributed by atoms with Crippen molar-refractivity contribution in [3.8, 4) is 11.5 Å². The second-order valence-corrected chi connectivity index (χ2v) is 7.50. The van der Waals surface area contributed by atoms with E-state index in [-0.39, 0.29) is 35.4 Å². The second kappa shape index (κ2) is 12.4. The van der Waals surface area contributed by atoms with Gasteiger partial charge < -0.3 is 24.8 Å². The zero-order chi connectivity index (χ0) is 19.7. The zero-order valence-electron chi connectivity index (χ0n) is 17.8. The third kappa shape index (κ3) is 7.31. The van der Waals surface area contributed by atoms with Crippen LogP contribution in [0.4, 0.5) is 0 Å². The SMILES string of the molecule is CCCOc1ccc(C(C)NC(=NC)NCC2(C)COC2)cc1OCCC.I. The standard InChI is InChI=1S/C21H35N3O3.HI/c1-6-10-26-18-9-8-17(12-19(18)27-11-7-2)16(3)24-20(22-5)23-13-21(4)14-25-15-21;/h8-9,12,16H,6-7,10-11,13-15H2,1-5H3,(H2,22,23,24);1H. The van der Waals surface area contributed by atoms with Crippen LogP contribution in [0.2, 0.25) is 0 Å². The first-order valence-corrected chi connectivity index (χ1v) is 9.95. The average Bonchev–Trinajstić information content (AvgIpc) is 2.66. The summed E-state index contributed by atoms with van der Waals surface area (Å²) >= 11 is 0. The Morgan fingerprint density at radius 3 is 2.36 bits per heavy atom. The molecule has 7 heteroatoms. The predicted octanol–water partition coefficient (Wildman–Crippen LogP) is 4.14. The van der Waals surface area contributed by atoms with Crippen molar-refractivity contribution in [3.05, 3.63) is 23.8 Å². The van der Waals surface area contributed by atoms with Gasteiger partial charge in [-0.3, -0.25) is 4.99 Å². The fraction of sp³-hybridized carbons (Fsp3) is 0.667. The average molecular weight is 505 g/mol. The topological polar surface area (TPSA) is 64.1 Å². The molecule has 1 aromatic rings. The van der Waals surface area contributed by atoms with Crippen LogP contribution in [-0.4, -0.2) is 46.0 Å². The quantitative estimate of drug-likeness (QED) is 0.284. The first-order valence-electron chi connectivity index (χ1n) is 9.95. The van der Waals surface area contributed by atoms with Crippen LogP contribution < -0.4 is 20.1 Å². The smallest absolute Gasteiger partial charge is 0.191 e. The van der Waals surface area contributed by atoms with Crippen molar-refractivity contribution in [1.82, 2.24) is 10.6 Å². The van der Waals surface area contributed by atoms with Crippen molar-refractivity contribution >= 4 is 29.9 Å². The summed E-state index contributed by atoms with van der Waals surface area (Å²) in [5, 5.41) is 6.86. The van der Waals surface area contributed by atoms with Gasteiger partial charge in [0, 0.05) is 19.0 Å². The molecule has 0 spiro atoms. The summed E-state index contributed by atoms with van der Waals surface area (Å²) in [6.45, 7) is 12.3. The van der Waals surface area contributed by atoms with E-state index < -0.39 is 0 Å². The van der Waals surface area contributed by atoms with Gasteiger partial charge in [-0.2, -0.15) is 0 Å². The van der Waals surface area contributed by atoms with Crippen LogP contribution in [0.3, 0.4) is 0 Å². The maximum atomic E-state index is 5.91. The minimum Gasteiger partial charge on any atom is -0.490 e. The van der Waals surface area contributed by atoms with Gasteiger partial charge in [0.1, 0.15) is 0 Å². The van der Waals surface area contributed by atoms with E-state index in [0.717, 1.165) is 55.6 Å². The first kappa shape index (κ1) is 24.8. The largest absolute Gasteiger partial charge is 0.490 e. The first-order chi connectivity index (χ1) is 13.0. The number of nitrogens with one attached hydrogen (secondary N) is 2. The van der Waals surface area contributed by atoms with E-state index in [4.69, 9.17) is 14.2 Å². The monoisotopic (exact) mass is 505 g/mol. The van der Waals surface area contributed by atoms with Gasteiger partial charge in [-0.25, -0.2) is 0 Å². The summed E-state index contributed by atoms with van der Waals surface area (Å²) in [5.41, 5.74) is 1.33. The maximum absolute atomic E-state index is 5.91. The van der Waals surface area contributed by atoms with E-state index >= 15 is 0 Å². The van der Waals surface area contributed by atoms with Gasteiger partial charge in [0.15, 0.2) is 17.5 Å². The molecule has 1 unspecified atom stereocenters. The van der Waals surface area contributed by atoms with Gasteiger partial charge in [0.25, 0.3) is 0 Å². The molecule has 6 nitrogen and oxygen atoms in total. The summed E-state index contributed by atoms with van der Waals surface area (Å²) in [4.78, 5) is 4.34. The lowest BCUT2D eigenvalue weighted by Crippen LogP contribution is -2.51. The Balaban J connectivity index is 0.00000392. The molecule has 160 valence electrons. The Hall–Kier alpha value is -1.22. The lowest BCUT2D eigenvalue weighted by Gasteiger charge is -2.38. The summed E-state index contributed by atoms with van der Waals surface area (Å²) in [6, 6.07) is 6.23. The van der Waals surface area contributed by atoms with Gasteiger partial charge >= 0.3 is 0 Å². The van der Waals surface area contributed by atoms with Crippen LogP contribution in [-0.2, 0) is 4.74 Å². The van der Waals surface area contributed by atoms with Crippen molar-refractivity contribution in [3.63, 3.8) is 0 Å². The summed E-state index contributed by atoms with van der Waals surface area (Å²) < 4.78 is 17.0. The summed E-state index contributed by atoms with van der Waals surface area (Å²) in [5.74, 6) is 2.40. The molecular weight excluding hydrogens is 469 g/mol. The molecule has 1 atom stereocenters. The van der Waals surface area contributed by atoms with E-state index in [1.807, 2.05) is 6.07 Å². The molecule has 2 N–H and O–H groups in total. The van der Waals surface area contributed by atoms with Crippen LogP contribution in [0.25, 0.3) is 0 Å². The molecule has 2 rings (SSSR count). The highest BCUT2D eigenvalue weighted by atomic mass is 127. The van der Waals surface area contributed by atoms with Gasteiger partial charge in [-0.15, -0.1) is 24.0 Å².